The largest absolute Gasteiger partial charge is 0.384 e. The van der Waals surface area contributed by atoms with E-state index in [1.807, 2.05) is 17.1 Å². The molecule has 1 aromatic rings. The summed E-state index contributed by atoms with van der Waals surface area (Å²) in [6.45, 7) is -0.155. The molecule has 0 saturated heterocycles. The molecule has 1 aromatic heterocycles. The van der Waals surface area contributed by atoms with E-state index in [1.165, 1.54) is 24.2 Å². The molecular formula is C15H19NO2S2. The quantitative estimate of drug-likeness (QED) is 0.844. The molecule has 5 heteroatoms. The van der Waals surface area contributed by atoms with Crippen LogP contribution in [-0.2, 0) is 0 Å². The third-order valence-electron chi connectivity index (χ3n) is 3.50. The summed E-state index contributed by atoms with van der Waals surface area (Å²) in [4.78, 5) is 13.0. The van der Waals surface area contributed by atoms with Gasteiger partial charge in [-0.25, -0.2) is 0 Å². The molecule has 20 heavy (non-hydrogen) atoms. The van der Waals surface area contributed by atoms with Gasteiger partial charge in [0.05, 0.1) is 10.4 Å². The van der Waals surface area contributed by atoms with Gasteiger partial charge in [-0.1, -0.05) is 11.8 Å². The standard InChI is InChI=1S/C15H19NO2S2/c1-19-13-6-4-12(5-7-13)16-15(18)11-9-14(20-10-11)3-2-8-17/h9-10,12-13,17H,4-8H2,1H3,(H,16,18). The van der Waals surface area contributed by atoms with Crippen LogP contribution in [0.4, 0.5) is 0 Å². The Labute approximate surface area is 128 Å². The molecule has 0 unspecified atom stereocenters. The van der Waals surface area contributed by atoms with Crippen molar-refractivity contribution < 1.29 is 9.90 Å². The molecule has 1 aliphatic carbocycles. The molecule has 1 fully saturated rings. The predicted octanol–water partition coefficient (Wildman–Crippen LogP) is 2.50. The summed E-state index contributed by atoms with van der Waals surface area (Å²) < 4.78 is 0. The van der Waals surface area contributed by atoms with Crippen LogP contribution in [-0.4, -0.2) is 35.2 Å². The van der Waals surface area contributed by atoms with Crippen LogP contribution in [0.15, 0.2) is 11.4 Å². The van der Waals surface area contributed by atoms with Crippen molar-refractivity contribution in [2.45, 2.75) is 37.0 Å². The van der Waals surface area contributed by atoms with E-state index < -0.39 is 0 Å². The van der Waals surface area contributed by atoms with E-state index >= 15 is 0 Å². The second kappa shape index (κ2) is 7.72. The van der Waals surface area contributed by atoms with Gasteiger partial charge in [-0.3, -0.25) is 4.79 Å². The topological polar surface area (TPSA) is 49.3 Å². The van der Waals surface area contributed by atoms with Crippen LogP contribution < -0.4 is 5.32 Å². The number of carbonyl (C=O) groups excluding carboxylic acids is 1. The van der Waals surface area contributed by atoms with E-state index in [-0.39, 0.29) is 12.5 Å². The first-order valence-corrected chi connectivity index (χ1v) is 8.91. The molecule has 2 N–H and O–H groups in total. The number of rotatable bonds is 3. The molecule has 2 rings (SSSR count). The summed E-state index contributed by atoms with van der Waals surface area (Å²) in [5.74, 6) is 5.41. The lowest BCUT2D eigenvalue weighted by molar-refractivity contribution is 0.0928. The van der Waals surface area contributed by atoms with Gasteiger partial charge in [0.25, 0.3) is 5.91 Å². The molecule has 1 heterocycles. The first-order chi connectivity index (χ1) is 9.72. The van der Waals surface area contributed by atoms with Crippen molar-refractivity contribution in [3.8, 4) is 11.8 Å². The van der Waals surface area contributed by atoms with Crippen LogP contribution in [0, 0.1) is 11.8 Å². The molecule has 3 nitrogen and oxygen atoms in total. The fourth-order valence-corrected chi connectivity index (χ4v) is 3.86. The molecule has 1 saturated carbocycles. The van der Waals surface area contributed by atoms with Crippen LogP contribution in [0.5, 0.6) is 0 Å². The molecule has 0 atom stereocenters. The summed E-state index contributed by atoms with van der Waals surface area (Å²) >= 11 is 3.36. The molecule has 1 aliphatic rings. The summed E-state index contributed by atoms with van der Waals surface area (Å²) in [5.41, 5.74) is 0.671. The molecule has 0 bridgehead atoms. The van der Waals surface area contributed by atoms with Gasteiger partial charge in [0, 0.05) is 16.7 Å². The molecule has 0 spiro atoms. The number of hydrogen-bond acceptors (Lipinski definition) is 4. The van der Waals surface area contributed by atoms with Crippen molar-refractivity contribution >= 4 is 29.0 Å². The second-order valence-electron chi connectivity index (χ2n) is 4.84. The monoisotopic (exact) mass is 309 g/mol. The average Bonchev–Trinajstić information content (AvgIpc) is 2.95. The highest BCUT2D eigenvalue weighted by atomic mass is 32.2. The van der Waals surface area contributed by atoms with Crippen molar-refractivity contribution in [1.82, 2.24) is 5.32 Å². The van der Waals surface area contributed by atoms with Gasteiger partial charge in [0.1, 0.15) is 6.61 Å². The number of thioether (sulfide) groups is 1. The average molecular weight is 309 g/mol. The normalized spacial score (nSPS) is 21.9. The van der Waals surface area contributed by atoms with Crippen LogP contribution in [0.3, 0.4) is 0 Å². The highest BCUT2D eigenvalue weighted by Gasteiger charge is 2.22. The zero-order valence-corrected chi connectivity index (χ0v) is 13.1. The van der Waals surface area contributed by atoms with Gasteiger partial charge in [-0.05, 0) is 38.0 Å². The third-order valence-corrected chi connectivity index (χ3v) is 5.48. The van der Waals surface area contributed by atoms with E-state index in [0.29, 0.717) is 11.6 Å². The van der Waals surface area contributed by atoms with Crippen molar-refractivity contribution in [1.29, 1.82) is 0 Å². The first-order valence-electron chi connectivity index (χ1n) is 6.75. The summed E-state index contributed by atoms with van der Waals surface area (Å²) in [6.07, 6.45) is 6.66. The van der Waals surface area contributed by atoms with Crippen LogP contribution in [0.25, 0.3) is 0 Å². The maximum absolute atomic E-state index is 12.1. The number of aliphatic hydroxyl groups is 1. The van der Waals surface area contributed by atoms with Gasteiger partial charge >= 0.3 is 0 Å². The Morgan fingerprint density at radius 1 is 1.50 bits per heavy atom. The predicted molar refractivity (Wildman–Crippen MR) is 85.3 cm³/mol. The lowest BCUT2D eigenvalue weighted by Gasteiger charge is -2.27. The Morgan fingerprint density at radius 2 is 2.25 bits per heavy atom. The Morgan fingerprint density at radius 3 is 2.90 bits per heavy atom. The van der Waals surface area contributed by atoms with E-state index in [0.717, 1.165) is 23.0 Å². The summed E-state index contributed by atoms with van der Waals surface area (Å²) in [7, 11) is 0. The van der Waals surface area contributed by atoms with Crippen molar-refractivity contribution in [2.24, 2.45) is 0 Å². The van der Waals surface area contributed by atoms with Gasteiger partial charge in [0.2, 0.25) is 0 Å². The number of hydrogen-bond donors (Lipinski definition) is 2. The number of aliphatic hydroxyl groups excluding tert-OH is 1. The number of carbonyl (C=O) groups is 1. The van der Waals surface area contributed by atoms with E-state index in [9.17, 15) is 4.79 Å². The van der Waals surface area contributed by atoms with Crippen molar-refractivity contribution in [3.63, 3.8) is 0 Å². The number of thiophene rings is 1. The Bertz CT molecular complexity index is 507. The zero-order chi connectivity index (χ0) is 14.4. The number of nitrogens with one attached hydrogen (secondary N) is 1. The lowest BCUT2D eigenvalue weighted by atomic mass is 9.95. The third kappa shape index (κ3) is 4.27. The van der Waals surface area contributed by atoms with E-state index in [2.05, 4.69) is 23.4 Å². The minimum absolute atomic E-state index is 0.00843. The number of amides is 1. The lowest BCUT2D eigenvalue weighted by Crippen LogP contribution is -2.37. The van der Waals surface area contributed by atoms with Gasteiger partial charge < -0.3 is 10.4 Å². The zero-order valence-electron chi connectivity index (χ0n) is 11.5. The van der Waals surface area contributed by atoms with Gasteiger partial charge in [-0.15, -0.1) is 11.3 Å². The smallest absolute Gasteiger partial charge is 0.252 e. The van der Waals surface area contributed by atoms with Crippen LogP contribution >= 0.6 is 23.1 Å². The van der Waals surface area contributed by atoms with Crippen LogP contribution in [0.1, 0.15) is 40.9 Å². The highest BCUT2D eigenvalue weighted by molar-refractivity contribution is 7.99. The molecule has 0 aromatic carbocycles. The van der Waals surface area contributed by atoms with Gasteiger partial charge in [0.15, 0.2) is 0 Å². The maximum Gasteiger partial charge on any atom is 0.252 e. The minimum atomic E-state index is -0.155. The fraction of sp³-hybridized carbons (Fsp3) is 0.533. The Hall–Kier alpha value is -0.960. The Balaban J connectivity index is 1.87. The van der Waals surface area contributed by atoms with Crippen molar-refractivity contribution in [2.75, 3.05) is 12.9 Å². The molecule has 108 valence electrons. The van der Waals surface area contributed by atoms with E-state index in [1.54, 1.807) is 6.07 Å². The highest BCUT2D eigenvalue weighted by Crippen LogP contribution is 2.27. The van der Waals surface area contributed by atoms with Crippen LogP contribution in [0.2, 0.25) is 0 Å². The second-order valence-corrected chi connectivity index (χ2v) is 6.89. The molecule has 0 radical (unpaired) electrons. The Kier molecular flexibility index (Phi) is 5.96. The summed E-state index contributed by atoms with van der Waals surface area (Å²) in [5, 5.41) is 14.3. The SMILES string of the molecule is CSC1CCC(NC(=O)c2csc(C#CCO)c2)CC1. The minimum Gasteiger partial charge on any atom is -0.384 e. The first kappa shape index (κ1) is 15.4. The summed E-state index contributed by atoms with van der Waals surface area (Å²) in [6, 6.07) is 2.09. The van der Waals surface area contributed by atoms with E-state index in [4.69, 9.17) is 5.11 Å². The molecular weight excluding hydrogens is 290 g/mol. The molecule has 1 amide bonds. The van der Waals surface area contributed by atoms with Gasteiger partial charge in [-0.2, -0.15) is 11.8 Å². The van der Waals surface area contributed by atoms with Crippen molar-refractivity contribution in [3.05, 3.63) is 21.9 Å². The maximum atomic E-state index is 12.1. The molecule has 0 aliphatic heterocycles. The fourth-order valence-electron chi connectivity index (χ4n) is 2.36.